The molecule has 2 aliphatic carbocycles. The molecule has 35 heavy (non-hydrogen) atoms. The van der Waals surface area contributed by atoms with E-state index in [0.717, 1.165) is 40.8 Å². The number of aromatic nitrogens is 3. The van der Waals surface area contributed by atoms with Crippen LogP contribution in [0.5, 0.6) is 5.88 Å². The van der Waals surface area contributed by atoms with E-state index < -0.39 is 0 Å². The van der Waals surface area contributed by atoms with Gasteiger partial charge in [0.2, 0.25) is 0 Å². The molecule has 2 saturated carbocycles. The Morgan fingerprint density at radius 3 is 2.57 bits per heavy atom. The maximum atomic E-state index is 15.0. The zero-order valence-corrected chi connectivity index (χ0v) is 20.7. The lowest BCUT2D eigenvalue weighted by atomic mass is 9.93. The third kappa shape index (κ3) is 4.27. The van der Waals surface area contributed by atoms with Gasteiger partial charge in [-0.15, -0.1) is 0 Å². The Morgan fingerprint density at radius 1 is 1.00 bits per heavy atom. The third-order valence-corrected chi connectivity index (χ3v) is 8.19. The lowest BCUT2D eigenvalue weighted by Gasteiger charge is -2.19. The number of rotatable bonds is 6. The lowest BCUT2D eigenvalue weighted by Crippen LogP contribution is -2.22. The molecule has 3 aromatic heterocycles. The van der Waals surface area contributed by atoms with Crippen LogP contribution in [-0.2, 0) is 0 Å². The van der Waals surface area contributed by atoms with Crippen LogP contribution in [0.25, 0.3) is 33.5 Å². The van der Waals surface area contributed by atoms with Crippen LogP contribution in [0.4, 0.5) is 10.1 Å². The predicted octanol–water partition coefficient (Wildman–Crippen LogP) is 7.32. The fourth-order valence-electron chi connectivity index (χ4n) is 5.96. The first-order chi connectivity index (χ1) is 17.1. The van der Waals surface area contributed by atoms with E-state index in [1.54, 1.807) is 6.20 Å². The summed E-state index contributed by atoms with van der Waals surface area (Å²) >= 11 is 1.53. The Labute approximate surface area is 209 Å². The molecule has 0 amide bonds. The van der Waals surface area contributed by atoms with E-state index in [4.69, 9.17) is 4.74 Å². The Morgan fingerprint density at radius 2 is 1.80 bits per heavy atom. The number of nitrogens with one attached hydrogen (secondary N) is 2. The number of halogens is 1. The number of nitrogens with zero attached hydrogens (tertiary/aromatic N) is 2. The fourth-order valence-corrected chi connectivity index (χ4v) is 6.32. The van der Waals surface area contributed by atoms with Crippen molar-refractivity contribution in [2.24, 2.45) is 17.8 Å². The van der Waals surface area contributed by atoms with Gasteiger partial charge >= 0.3 is 0 Å². The van der Waals surface area contributed by atoms with Crippen LogP contribution in [0.1, 0.15) is 32.6 Å². The largest absolute Gasteiger partial charge is 0.475 e. The smallest absolute Gasteiger partial charge is 0.193 e. The summed E-state index contributed by atoms with van der Waals surface area (Å²) in [6.07, 6.45) is 8.91. The summed E-state index contributed by atoms with van der Waals surface area (Å²) in [5.41, 5.74) is 5.25. The summed E-state index contributed by atoms with van der Waals surface area (Å²) in [4.78, 5) is 12.4. The molecule has 2 aliphatic rings. The van der Waals surface area contributed by atoms with E-state index in [0.29, 0.717) is 28.5 Å². The molecule has 4 unspecified atom stereocenters. The molecular formula is C28H29FN4OS. The minimum Gasteiger partial charge on any atom is -0.475 e. The summed E-state index contributed by atoms with van der Waals surface area (Å²) < 4.78 is 24.6. The first kappa shape index (κ1) is 22.4. The monoisotopic (exact) mass is 488 g/mol. The van der Waals surface area contributed by atoms with E-state index in [2.05, 4.69) is 26.6 Å². The van der Waals surface area contributed by atoms with E-state index in [9.17, 15) is 0 Å². The number of benzene rings is 1. The second kappa shape index (κ2) is 9.19. The summed E-state index contributed by atoms with van der Waals surface area (Å²) in [5, 5.41) is 0. The van der Waals surface area contributed by atoms with Crippen molar-refractivity contribution in [3.63, 3.8) is 0 Å². The fraction of sp³-hybridized carbons (Fsp3) is 0.357. The van der Waals surface area contributed by atoms with Crippen molar-refractivity contribution < 1.29 is 9.13 Å². The molecule has 7 heteroatoms. The maximum Gasteiger partial charge on any atom is 0.193 e. The number of anilines is 1. The van der Waals surface area contributed by atoms with Gasteiger partial charge in [0.1, 0.15) is 11.8 Å². The van der Waals surface area contributed by atoms with Crippen molar-refractivity contribution in [1.82, 2.24) is 15.0 Å². The predicted molar refractivity (Wildman–Crippen MR) is 141 cm³/mol. The number of fused-ring (bicyclic) bond motifs is 2. The minimum absolute atomic E-state index is 0.244. The second-order valence-corrected chi connectivity index (χ2v) is 10.4. The van der Waals surface area contributed by atoms with Crippen LogP contribution < -0.4 is 9.46 Å². The molecule has 4 aromatic rings. The van der Waals surface area contributed by atoms with Gasteiger partial charge in [0.05, 0.1) is 28.6 Å². The zero-order valence-electron chi connectivity index (χ0n) is 19.9. The highest BCUT2D eigenvalue weighted by atomic mass is 32.2. The van der Waals surface area contributed by atoms with E-state index >= 15 is 4.39 Å². The average Bonchev–Trinajstić information content (AvgIpc) is 3.56. The molecule has 2 N–H and O–H groups in total. The van der Waals surface area contributed by atoms with Gasteiger partial charge in [-0.2, -0.15) is 0 Å². The van der Waals surface area contributed by atoms with Gasteiger partial charge in [-0.05, 0) is 49.1 Å². The average molecular weight is 489 g/mol. The molecule has 4 atom stereocenters. The van der Waals surface area contributed by atoms with Crippen LogP contribution in [0, 0.1) is 23.6 Å². The standard InChI is InChI=1S/C28H29FN4OS/c1-16-3-9-21-20(16)10-12-26(21)34-27-14-25-24(31-27)13-22(29)28(32-25)18-6-4-17(5-7-18)23-11-8-19(15-30-23)33-35-2/h4-8,11,13-16,20-21,26,31,33H,3,9-10,12H2,1-2H3. The van der Waals surface area contributed by atoms with Crippen LogP contribution in [0.15, 0.2) is 54.7 Å². The highest BCUT2D eigenvalue weighted by Gasteiger charge is 2.44. The molecule has 1 aromatic carbocycles. The molecule has 3 heterocycles. The highest BCUT2D eigenvalue weighted by Crippen LogP contribution is 2.48. The van der Waals surface area contributed by atoms with Gasteiger partial charge in [-0.3, -0.25) is 4.98 Å². The molecule has 5 nitrogen and oxygen atoms in total. The third-order valence-electron chi connectivity index (χ3n) is 7.75. The summed E-state index contributed by atoms with van der Waals surface area (Å²) in [5.74, 6) is 2.57. The van der Waals surface area contributed by atoms with Crippen molar-refractivity contribution >= 4 is 28.7 Å². The number of hydrogen-bond acceptors (Lipinski definition) is 5. The Kier molecular flexibility index (Phi) is 5.88. The number of pyridine rings is 2. The molecular weight excluding hydrogens is 459 g/mol. The molecule has 6 rings (SSSR count). The first-order valence-electron chi connectivity index (χ1n) is 12.3. The SMILES string of the molecule is CSNc1ccc(-c2ccc(-c3nc4cc(OC5CCC6C(C)CCC56)[nH]c4cc3F)cc2)nc1. The highest BCUT2D eigenvalue weighted by molar-refractivity contribution is 7.99. The zero-order chi connectivity index (χ0) is 23.9. The van der Waals surface area contributed by atoms with Crippen LogP contribution in [0.2, 0.25) is 0 Å². The van der Waals surface area contributed by atoms with Crippen molar-refractivity contribution in [3.05, 3.63) is 60.5 Å². The van der Waals surface area contributed by atoms with Gasteiger partial charge in [0.25, 0.3) is 0 Å². The maximum absolute atomic E-state index is 15.0. The number of aromatic amines is 1. The second-order valence-electron chi connectivity index (χ2n) is 9.82. The van der Waals surface area contributed by atoms with Gasteiger partial charge in [0, 0.05) is 29.5 Å². The Hall–Kier alpha value is -3.06. The molecule has 2 fully saturated rings. The Balaban J connectivity index is 1.22. The molecule has 0 spiro atoms. The van der Waals surface area contributed by atoms with Gasteiger partial charge in [-0.1, -0.05) is 49.6 Å². The van der Waals surface area contributed by atoms with Crippen molar-refractivity contribution in [1.29, 1.82) is 0 Å². The molecule has 0 saturated heterocycles. The summed E-state index contributed by atoms with van der Waals surface area (Å²) in [6.45, 7) is 2.37. The number of hydrogen-bond donors (Lipinski definition) is 2. The first-order valence-corrected chi connectivity index (χ1v) is 13.5. The summed E-state index contributed by atoms with van der Waals surface area (Å²) in [7, 11) is 0. The van der Waals surface area contributed by atoms with Crippen molar-refractivity contribution in [3.8, 4) is 28.4 Å². The van der Waals surface area contributed by atoms with E-state index in [-0.39, 0.29) is 11.9 Å². The van der Waals surface area contributed by atoms with E-state index in [1.165, 1.54) is 37.3 Å². The lowest BCUT2D eigenvalue weighted by molar-refractivity contribution is 0.144. The topological polar surface area (TPSA) is 62.8 Å². The molecule has 0 bridgehead atoms. The minimum atomic E-state index is -0.352. The van der Waals surface area contributed by atoms with Crippen molar-refractivity contribution in [2.75, 3.05) is 11.0 Å². The van der Waals surface area contributed by atoms with Crippen LogP contribution in [0.3, 0.4) is 0 Å². The quantitative estimate of drug-likeness (QED) is 0.278. The van der Waals surface area contributed by atoms with Gasteiger partial charge in [0.15, 0.2) is 11.7 Å². The van der Waals surface area contributed by atoms with E-state index in [1.807, 2.05) is 48.7 Å². The van der Waals surface area contributed by atoms with Crippen LogP contribution in [-0.4, -0.2) is 27.3 Å². The number of ether oxygens (including phenoxy) is 1. The normalized spacial score (nSPS) is 23.5. The van der Waals surface area contributed by atoms with Gasteiger partial charge in [-0.25, -0.2) is 9.37 Å². The van der Waals surface area contributed by atoms with Crippen LogP contribution >= 0.6 is 11.9 Å². The molecule has 0 aliphatic heterocycles. The number of H-pyrrole nitrogens is 1. The van der Waals surface area contributed by atoms with Crippen molar-refractivity contribution in [2.45, 2.75) is 38.7 Å². The summed E-state index contributed by atoms with van der Waals surface area (Å²) in [6, 6.07) is 15.1. The Bertz CT molecular complexity index is 1340. The molecule has 180 valence electrons. The molecule has 0 radical (unpaired) electrons. The van der Waals surface area contributed by atoms with Gasteiger partial charge < -0.3 is 14.4 Å².